The van der Waals surface area contributed by atoms with E-state index in [1.54, 1.807) is 7.11 Å². The molecule has 3 unspecified atom stereocenters. The highest BCUT2D eigenvalue weighted by atomic mass is 35.5. The average molecular weight is 443 g/mol. The molecule has 1 aliphatic carbocycles. The second-order valence-corrected chi connectivity index (χ2v) is 8.70. The van der Waals surface area contributed by atoms with Crippen molar-refractivity contribution in [2.45, 2.75) is 38.6 Å². The van der Waals surface area contributed by atoms with Crippen molar-refractivity contribution in [2.24, 2.45) is 5.92 Å². The predicted molar refractivity (Wildman–Crippen MR) is 120 cm³/mol. The summed E-state index contributed by atoms with van der Waals surface area (Å²) in [5, 5.41) is 11.5. The fourth-order valence-electron chi connectivity index (χ4n) is 4.34. The van der Waals surface area contributed by atoms with Gasteiger partial charge in [0.25, 0.3) is 0 Å². The number of carbonyl (C=O) groups is 1. The van der Waals surface area contributed by atoms with Crippen LogP contribution < -0.4 is 0 Å². The van der Waals surface area contributed by atoms with E-state index in [0.29, 0.717) is 43.1 Å². The molecule has 0 spiro atoms. The number of rotatable bonds is 6. The molecule has 0 radical (unpaired) electrons. The fraction of sp³-hybridized carbons (Fsp3) is 0.400. The summed E-state index contributed by atoms with van der Waals surface area (Å²) in [4.78, 5) is 13.1. The monoisotopic (exact) mass is 442 g/mol. The molecule has 6 heteroatoms. The Morgan fingerprint density at radius 1 is 1.13 bits per heavy atom. The normalized spacial score (nSPS) is 24.1. The minimum Gasteiger partial charge on any atom is -0.512 e. The van der Waals surface area contributed by atoms with E-state index in [1.807, 2.05) is 49.4 Å². The number of methoxy groups -OCH3 is 1. The van der Waals surface area contributed by atoms with Gasteiger partial charge in [-0.3, -0.25) is 4.79 Å². The van der Waals surface area contributed by atoms with Crippen molar-refractivity contribution < 1.29 is 24.1 Å². The molecule has 1 N–H and O–H groups in total. The minimum atomic E-state index is -0.359. The van der Waals surface area contributed by atoms with Gasteiger partial charge in [-0.05, 0) is 53.3 Å². The van der Waals surface area contributed by atoms with Gasteiger partial charge in [-0.2, -0.15) is 0 Å². The number of halogens is 1. The number of ketones is 1. The summed E-state index contributed by atoms with van der Waals surface area (Å²) >= 11 is 6.00. The van der Waals surface area contributed by atoms with Crippen LogP contribution in [0.15, 0.2) is 48.2 Å². The van der Waals surface area contributed by atoms with Crippen molar-refractivity contribution in [3.8, 4) is 11.1 Å². The molecular weight excluding hydrogens is 416 g/mol. The third-order valence-corrected chi connectivity index (χ3v) is 6.15. The molecule has 3 atom stereocenters. The molecule has 2 aromatic rings. The first-order valence-electron chi connectivity index (χ1n) is 10.5. The first kappa shape index (κ1) is 22.0. The zero-order valence-electron chi connectivity index (χ0n) is 17.8. The molecule has 2 aliphatic rings. The third kappa shape index (κ3) is 5.01. The number of aliphatic hydroxyl groups excluding tert-OH is 1. The lowest BCUT2D eigenvalue weighted by molar-refractivity contribution is -0.117. The summed E-state index contributed by atoms with van der Waals surface area (Å²) in [5.74, 6) is 0.0860. The van der Waals surface area contributed by atoms with E-state index >= 15 is 0 Å². The van der Waals surface area contributed by atoms with Gasteiger partial charge >= 0.3 is 0 Å². The second-order valence-electron chi connectivity index (χ2n) is 8.27. The second kappa shape index (κ2) is 9.53. The average Bonchev–Trinajstić information content (AvgIpc) is 3.16. The smallest absolute Gasteiger partial charge is 0.167 e. The molecule has 1 aliphatic heterocycles. The summed E-state index contributed by atoms with van der Waals surface area (Å²) in [6.45, 7) is 2.93. The maximum absolute atomic E-state index is 13.1. The predicted octanol–water partition coefficient (Wildman–Crippen LogP) is 5.34. The molecule has 0 saturated carbocycles. The molecule has 0 amide bonds. The van der Waals surface area contributed by atoms with Crippen molar-refractivity contribution in [3.05, 3.63) is 64.4 Å². The number of hydrogen-bond acceptors (Lipinski definition) is 5. The summed E-state index contributed by atoms with van der Waals surface area (Å²) in [5.41, 5.74) is 4.14. The Morgan fingerprint density at radius 3 is 2.58 bits per heavy atom. The molecule has 5 nitrogen and oxygen atoms in total. The van der Waals surface area contributed by atoms with Gasteiger partial charge in [-0.15, -0.1) is 0 Å². The zero-order chi connectivity index (χ0) is 22.0. The molecule has 0 bridgehead atoms. The van der Waals surface area contributed by atoms with Crippen LogP contribution in [0.1, 0.15) is 30.4 Å². The molecule has 4 rings (SSSR count). The first-order valence-corrected chi connectivity index (χ1v) is 10.9. The van der Waals surface area contributed by atoms with Crippen LogP contribution in [0, 0.1) is 12.8 Å². The van der Waals surface area contributed by atoms with E-state index < -0.39 is 0 Å². The van der Waals surface area contributed by atoms with Gasteiger partial charge in [0.2, 0.25) is 0 Å². The summed E-state index contributed by atoms with van der Waals surface area (Å²) in [6.07, 6.45) is 0.938. The highest BCUT2D eigenvalue weighted by Crippen LogP contribution is 2.37. The van der Waals surface area contributed by atoms with Crippen LogP contribution in [0.5, 0.6) is 0 Å². The van der Waals surface area contributed by atoms with Crippen molar-refractivity contribution >= 4 is 23.0 Å². The molecule has 1 fully saturated rings. The van der Waals surface area contributed by atoms with E-state index in [-0.39, 0.29) is 29.9 Å². The first-order chi connectivity index (χ1) is 14.9. The van der Waals surface area contributed by atoms with Gasteiger partial charge < -0.3 is 19.3 Å². The standard InChI is InChI=1S/C25H27ClO5/c1-15-3-4-18(17-5-7-19(26)8-6-17)12-21(15)25-22(27)9-16(10-23(25)28)11-24-30-14-20(31-24)13-29-2/h3-8,12,16,20,24,27H,9-11,13-14H2,1-2H3. The Balaban J connectivity index is 1.53. The van der Waals surface area contributed by atoms with Gasteiger partial charge in [0.15, 0.2) is 12.1 Å². The van der Waals surface area contributed by atoms with Crippen LogP contribution in [0.25, 0.3) is 16.7 Å². The molecule has 0 aromatic heterocycles. The molecule has 164 valence electrons. The van der Waals surface area contributed by atoms with E-state index in [2.05, 4.69) is 0 Å². The third-order valence-electron chi connectivity index (χ3n) is 5.90. The van der Waals surface area contributed by atoms with Crippen molar-refractivity contribution in [1.29, 1.82) is 0 Å². The highest BCUT2D eigenvalue weighted by Gasteiger charge is 2.34. The lowest BCUT2D eigenvalue weighted by Crippen LogP contribution is -2.24. The number of allylic oxidation sites excluding steroid dienone is 2. The van der Waals surface area contributed by atoms with Gasteiger partial charge in [-0.1, -0.05) is 35.9 Å². The molecule has 2 aromatic carbocycles. The van der Waals surface area contributed by atoms with Gasteiger partial charge in [0.05, 0.1) is 18.8 Å². The molecule has 1 heterocycles. The SMILES string of the molecule is COCC1COC(CC2CC(=O)C(c3cc(-c4ccc(Cl)cc4)ccc3C)=C(O)C2)O1. The lowest BCUT2D eigenvalue weighted by Gasteiger charge is -2.26. The van der Waals surface area contributed by atoms with Crippen molar-refractivity contribution in [2.75, 3.05) is 20.3 Å². The summed E-state index contributed by atoms with van der Waals surface area (Å²) in [6, 6.07) is 13.5. The number of aryl methyl sites for hydroxylation is 1. The molecule has 31 heavy (non-hydrogen) atoms. The van der Waals surface area contributed by atoms with Crippen LogP contribution >= 0.6 is 11.6 Å². The van der Waals surface area contributed by atoms with Crippen molar-refractivity contribution in [3.63, 3.8) is 0 Å². The van der Waals surface area contributed by atoms with E-state index in [1.165, 1.54) is 0 Å². The molecular formula is C25H27ClO5. The number of Topliss-reactive ketones (excluding diaryl/α,β-unsaturated/α-hetero) is 1. The fourth-order valence-corrected chi connectivity index (χ4v) is 4.46. The summed E-state index contributed by atoms with van der Waals surface area (Å²) < 4.78 is 16.6. The number of carbonyl (C=O) groups excluding carboxylic acids is 1. The number of aliphatic hydroxyl groups is 1. The van der Waals surface area contributed by atoms with E-state index in [4.69, 9.17) is 25.8 Å². The van der Waals surface area contributed by atoms with Crippen molar-refractivity contribution in [1.82, 2.24) is 0 Å². The summed E-state index contributed by atoms with van der Waals surface area (Å²) in [7, 11) is 1.63. The van der Waals surface area contributed by atoms with Gasteiger partial charge in [0.1, 0.15) is 11.9 Å². The number of hydrogen-bond donors (Lipinski definition) is 1. The largest absolute Gasteiger partial charge is 0.512 e. The van der Waals surface area contributed by atoms with E-state index in [9.17, 15) is 9.90 Å². The molecule has 1 saturated heterocycles. The van der Waals surface area contributed by atoms with Crippen LogP contribution in [-0.4, -0.2) is 43.6 Å². The quantitative estimate of drug-likeness (QED) is 0.654. The van der Waals surface area contributed by atoms with Gasteiger partial charge in [-0.25, -0.2) is 0 Å². The van der Waals surface area contributed by atoms with E-state index in [0.717, 1.165) is 22.3 Å². The Morgan fingerprint density at radius 2 is 1.87 bits per heavy atom. The number of ether oxygens (including phenoxy) is 3. The maximum atomic E-state index is 13.1. The Labute approximate surface area is 187 Å². The Hall–Kier alpha value is -2.18. The topological polar surface area (TPSA) is 65.0 Å². The van der Waals surface area contributed by atoms with Crippen LogP contribution in [0.2, 0.25) is 5.02 Å². The van der Waals surface area contributed by atoms with Crippen LogP contribution in [-0.2, 0) is 19.0 Å². The Kier molecular flexibility index (Phi) is 6.77. The maximum Gasteiger partial charge on any atom is 0.167 e. The van der Waals surface area contributed by atoms with Crippen LogP contribution in [0.4, 0.5) is 0 Å². The Bertz CT molecular complexity index is 982. The number of benzene rings is 2. The lowest BCUT2D eigenvalue weighted by atomic mass is 9.81. The minimum absolute atomic E-state index is 0.0118. The zero-order valence-corrected chi connectivity index (χ0v) is 18.5. The highest BCUT2D eigenvalue weighted by molar-refractivity contribution is 6.30. The van der Waals surface area contributed by atoms with Gasteiger partial charge in [0, 0.05) is 31.4 Å². The van der Waals surface area contributed by atoms with Crippen LogP contribution in [0.3, 0.4) is 0 Å².